The van der Waals surface area contributed by atoms with Gasteiger partial charge in [0.05, 0.1) is 39.1 Å². The largest absolute Gasteiger partial charge is 0.492 e. The number of carbonyl (C=O) groups excluding carboxylic acids is 2. The molecule has 3 aliphatic heterocycles. The summed E-state index contributed by atoms with van der Waals surface area (Å²) in [4.78, 5) is 58.7. The topological polar surface area (TPSA) is 180 Å². The average molecular weight is 1080 g/mol. The van der Waals surface area contributed by atoms with Gasteiger partial charge in [-0.3, -0.25) is 29.4 Å². The monoisotopic (exact) mass is 1070 g/mol. The summed E-state index contributed by atoms with van der Waals surface area (Å²) in [5.74, 6) is -0.571. The second-order valence-electron chi connectivity index (χ2n) is 18.9. The van der Waals surface area contributed by atoms with Crippen molar-refractivity contribution in [3.05, 3.63) is 92.1 Å². The molecule has 21 heteroatoms. The molecular weight excluding hydrogens is 1020 g/mol. The van der Waals surface area contributed by atoms with E-state index < -0.39 is 42.5 Å². The fourth-order valence-corrected chi connectivity index (χ4v) is 12.2. The molecule has 3 aromatic carbocycles. The van der Waals surface area contributed by atoms with E-state index in [9.17, 15) is 32.1 Å². The minimum absolute atomic E-state index is 0.00101. The summed E-state index contributed by atoms with van der Waals surface area (Å²) >= 11 is 3.62. The van der Waals surface area contributed by atoms with Crippen molar-refractivity contribution < 1.29 is 36.5 Å². The highest BCUT2D eigenvalue weighted by molar-refractivity contribution is 9.10. The van der Waals surface area contributed by atoms with Gasteiger partial charge in [0.25, 0.3) is 0 Å². The molecule has 0 saturated carbocycles. The average Bonchev–Trinajstić information content (AvgIpc) is 3.69. The van der Waals surface area contributed by atoms with Gasteiger partial charge in [0.2, 0.25) is 17.8 Å². The Morgan fingerprint density at radius 3 is 2.35 bits per heavy atom. The Labute approximate surface area is 423 Å². The van der Waals surface area contributed by atoms with Gasteiger partial charge in [0.1, 0.15) is 24.8 Å². The number of oxazole rings is 1. The molecule has 6 heterocycles. The number of piperidine rings is 2. The smallest absolute Gasteiger partial charge is 0.420 e. The molecule has 0 aliphatic carbocycles. The lowest BCUT2D eigenvalue weighted by atomic mass is 9.99. The lowest BCUT2D eigenvalue weighted by Crippen LogP contribution is -2.53. The zero-order valence-electron chi connectivity index (χ0n) is 41.0. The first-order valence-electron chi connectivity index (χ1n) is 24.6. The van der Waals surface area contributed by atoms with Gasteiger partial charge >= 0.3 is 11.9 Å². The number of pyridine rings is 1. The number of ether oxygens (including phenoxy) is 1. The normalized spacial score (nSPS) is 17.7. The number of aromatic nitrogens is 4. The van der Waals surface area contributed by atoms with E-state index in [2.05, 4.69) is 77.5 Å². The number of piperazine rings is 1. The molecule has 1 atom stereocenters. The van der Waals surface area contributed by atoms with Crippen molar-refractivity contribution in [3.63, 3.8) is 0 Å². The molecule has 6 aromatic rings. The highest BCUT2D eigenvalue weighted by atomic mass is 79.9. The Hall–Kier alpha value is -5.82. The maximum Gasteiger partial charge on any atom is 0.420 e. The van der Waals surface area contributed by atoms with Crippen LogP contribution in [0.5, 0.6) is 5.75 Å². The number of anilines is 5. The second-order valence-corrected chi connectivity index (χ2v) is 22.9. The van der Waals surface area contributed by atoms with E-state index >= 15 is 0 Å². The molecule has 0 radical (unpaired) electrons. The molecular formula is C51H59BrF3N10O6P. The first-order valence-corrected chi connectivity index (χ1v) is 28.0. The van der Waals surface area contributed by atoms with Gasteiger partial charge in [-0.15, -0.1) is 0 Å². The van der Waals surface area contributed by atoms with Gasteiger partial charge in [-0.1, -0.05) is 19.9 Å². The van der Waals surface area contributed by atoms with Crippen LogP contribution in [0.2, 0.25) is 0 Å². The van der Waals surface area contributed by atoms with Crippen molar-refractivity contribution in [3.8, 4) is 5.75 Å². The summed E-state index contributed by atoms with van der Waals surface area (Å²) in [7, 11) is -2.78. The summed E-state index contributed by atoms with van der Waals surface area (Å²) in [6.45, 7) is 15.0. The quantitative estimate of drug-likeness (QED) is 0.0656. The van der Waals surface area contributed by atoms with Crippen molar-refractivity contribution >= 4 is 91.0 Å². The molecule has 382 valence electrons. The van der Waals surface area contributed by atoms with Crippen LogP contribution in [-0.2, 0) is 39.6 Å². The number of aryl methyl sites for hydroxylation is 2. The van der Waals surface area contributed by atoms with Gasteiger partial charge in [0, 0.05) is 98.2 Å². The molecule has 3 fully saturated rings. The van der Waals surface area contributed by atoms with E-state index in [1.807, 2.05) is 31.2 Å². The SMILES string of the molecule is CCOc1cc(N2CCC(N3CCN(CCc4c(C(F)(F)F)ccc5c4oc(=O)n5C4CCC(=O)NC4=O)CC3)CC2)c(CC)cc1Nc1ncc(Br)c(Nc2ccc3nc(CC)ccc3c2P(C)(C)=O)n1. The van der Waals surface area contributed by atoms with Crippen LogP contribution in [0.3, 0.4) is 0 Å². The van der Waals surface area contributed by atoms with E-state index in [0.717, 1.165) is 96.0 Å². The van der Waals surface area contributed by atoms with Crippen LogP contribution in [0, 0.1) is 0 Å². The molecule has 2 amide bonds. The highest BCUT2D eigenvalue weighted by Gasteiger charge is 2.38. The summed E-state index contributed by atoms with van der Waals surface area (Å²) in [6.07, 6.45) is 0.481. The van der Waals surface area contributed by atoms with Crippen molar-refractivity contribution in [2.45, 2.75) is 84.0 Å². The zero-order valence-corrected chi connectivity index (χ0v) is 43.5. The predicted octanol–water partition coefficient (Wildman–Crippen LogP) is 8.78. The van der Waals surface area contributed by atoms with Crippen LogP contribution in [-0.4, -0.2) is 113 Å². The molecule has 3 N–H and O–H groups in total. The van der Waals surface area contributed by atoms with E-state index in [1.54, 1.807) is 19.5 Å². The Balaban J connectivity index is 0.844. The van der Waals surface area contributed by atoms with E-state index in [4.69, 9.17) is 19.1 Å². The zero-order chi connectivity index (χ0) is 51.1. The number of nitrogens with one attached hydrogen (secondary N) is 3. The van der Waals surface area contributed by atoms with Crippen LogP contribution >= 0.6 is 23.1 Å². The minimum Gasteiger partial charge on any atom is -0.492 e. The lowest BCUT2D eigenvalue weighted by molar-refractivity contribution is -0.138. The Bertz CT molecular complexity index is 3140. The summed E-state index contributed by atoms with van der Waals surface area (Å²) in [6, 6.07) is 13.4. The van der Waals surface area contributed by atoms with Crippen molar-refractivity contribution in [2.24, 2.45) is 0 Å². The lowest BCUT2D eigenvalue weighted by Gasteiger charge is -2.43. The third-order valence-corrected chi connectivity index (χ3v) is 16.2. The van der Waals surface area contributed by atoms with Crippen LogP contribution in [0.15, 0.2) is 68.4 Å². The van der Waals surface area contributed by atoms with Crippen molar-refractivity contribution in [1.82, 2.24) is 34.6 Å². The number of amides is 2. The molecule has 1 unspecified atom stereocenters. The minimum atomic E-state index is -4.69. The molecule has 72 heavy (non-hydrogen) atoms. The number of benzene rings is 3. The molecule has 16 nitrogen and oxygen atoms in total. The van der Waals surface area contributed by atoms with Crippen molar-refractivity contribution in [1.29, 1.82) is 0 Å². The Morgan fingerprint density at radius 1 is 0.903 bits per heavy atom. The molecule has 3 aliphatic rings. The van der Waals surface area contributed by atoms with Gasteiger partial charge in [-0.25, -0.2) is 9.78 Å². The first kappa shape index (κ1) is 51.1. The van der Waals surface area contributed by atoms with E-state index in [0.29, 0.717) is 65.3 Å². The second kappa shape index (κ2) is 21.0. The van der Waals surface area contributed by atoms with Crippen LogP contribution in [0.25, 0.3) is 22.0 Å². The van der Waals surface area contributed by atoms with Gasteiger partial charge in [0.15, 0.2) is 5.58 Å². The van der Waals surface area contributed by atoms with Gasteiger partial charge in [-0.05, 0) is 117 Å². The third-order valence-electron chi connectivity index (χ3n) is 14.0. The summed E-state index contributed by atoms with van der Waals surface area (Å²) in [5, 5.41) is 10.6. The number of nitrogens with zero attached hydrogens (tertiary/aromatic N) is 7. The number of carbonyl (C=O) groups is 2. The molecule has 9 rings (SSSR count). The predicted molar refractivity (Wildman–Crippen MR) is 277 cm³/mol. The van der Waals surface area contributed by atoms with Crippen LogP contribution < -0.4 is 36.6 Å². The number of halogens is 4. The Kier molecular flexibility index (Phi) is 14.9. The molecule has 0 bridgehead atoms. The molecule has 3 saturated heterocycles. The maximum absolute atomic E-state index is 14.4. The number of alkyl halides is 3. The number of hydrogen-bond donors (Lipinski definition) is 3. The number of hydrogen-bond acceptors (Lipinski definition) is 14. The highest BCUT2D eigenvalue weighted by Crippen LogP contribution is 2.43. The van der Waals surface area contributed by atoms with Gasteiger partial charge < -0.3 is 34.2 Å². The van der Waals surface area contributed by atoms with Crippen LogP contribution in [0.4, 0.5) is 42.0 Å². The summed E-state index contributed by atoms with van der Waals surface area (Å²) in [5.41, 5.74) is 4.34. The summed E-state index contributed by atoms with van der Waals surface area (Å²) < 4.78 is 70.3. The number of fused-ring (bicyclic) bond motifs is 2. The molecule has 0 spiro atoms. The van der Waals surface area contributed by atoms with Gasteiger partial charge in [-0.2, -0.15) is 18.2 Å². The number of imide groups is 1. The van der Waals surface area contributed by atoms with Crippen LogP contribution in [0.1, 0.15) is 74.9 Å². The maximum atomic E-state index is 14.4. The van der Waals surface area contributed by atoms with E-state index in [1.165, 1.54) is 6.07 Å². The first-order chi connectivity index (χ1) is 34.4. The number of rotatable bonds is 15. The molecule has 3 aromatic heterocycles. The third kappa shape index (κ3) is 10.6. The van der Waals surface area contributed by atoms with E-state index in [-0.39, 0.29) is 35.9 Å². The Morgan fingerprint density at radius 2 is 1.67 bits per heavy atom. The fraction of sp³-hybridized carbons (Fsp3) is 0.451. The van der Waals surface area contributed by atoms with Crippen molar-refractivity contribution in [2.75, 3.05) is 81.3 Å². The standard InChI is InChI=1S/C51H59BrF3N10O6P/c1-6-30-27-39(59-49-56-29-36(52)47(61-49)58-38-13-12-37-34(46(38)72(4,5)69)10-9-31(7-2)57-37)43(70-8-3)28-42(30)64-21-17-32(18-22-64)63-25-23-62(24-26-63)20-19-33-35(51(53,54)55)11-14-40-45(33)71-50(68)65(40)41-15-16-44(66)60-48(41)67/h9-14,27-29,32,41H,6-8,15-26H2,1-5H3,(H,60,66,67)(H2,56,58,59,61). The fourth-order valence-electron chi connectivity index (χ4n) is 10.4.